The minimum atomic E-state index is -0.970. The fourth-order valence-electron chi connectivity index (χ4n) is 1.05. The number of carbonyl (C=O) groups excluding carboxylic acids is 1. The highest BCUT2D eigenvalue weighted by molar-refractivity contribution is 9.10. The second-order valence-corrected chi connectivity index (χ2v) is 3.29. The van der Waals surface area contributed by atoms with E-state index >= 15 is 0 Å². The average molecular weight is 247 g/mol. The summed E-state index contributed by atoms with van der Waals surface area (Å²) >= 11 is 3.22. The molecule has 0 bridgehead atoms. The van der Waals surface area contributed by atoms with Crippen molar-refractivity contribution in [3.63, 3.8) is 0 Å². The number of carbonyl (C=O) groups is 1. The van der Waals surface area contributed by atoms with Gasteiger partial charge >= 0.3 is 5.97 Å². The van der Waals surface area contributed by atoms with Gasteiger partial charge in [-0.2, -0.15) is 0 Å². The van der Waals surface area contributed by atoms with Gasteiger partial charge < -0.3 is 0 Å². The van der Waals surface area contributed by atoms with Crippen LogP contribution in [0.15, 0.2) is 22.7 Å². The first kappa shape index (κ1) is 10.2. The second kappa shape index (κ2) is 4.37. The predicted molar refractivity (Wildman–Crippen MR) is 50.0 cm³/mol. The highest BCUT2D eigenvalue weighted by Crippen LogP contribution is 2.22. The fraction of sp³-hybridized carbons (Fsp3) is 0.222. The highest BCUT2D eigenvalue weighted by atomic mass is 79.9. The maximum atomic E-state index is 11.6. The van der Waals surface area contributed by atoms with Gasteiger partial charge in [0.05, 0.1) is 5.56 Å². The van der Waals surface area contributed by atoms with Gasteiger partial charge in [0.2, 0.25) is 0 Å². The SMILES string of the molecule is CCc1cccc(C(=O)OF)c1Br. The Balaban J connectivity index is 3.15. The van der Waals surface area contributed by atoms with Crippen molar-refractivity contribution in [3.05, 3.63) is 33.8 Å². The zero-order valence-corrected chi connectivity index (χ0v) is 8.60. The molecule has 0 amide bonds. The topological polar surface area (TPSA) is 26.3 Å². The van der Waals surface area contributed by atoms with Crippen molar-refractivity contribution in [1.82, 2.24) is 0 Å². The number of benzene rings is 1. The summed E-state index contributed by atoms with van der Waals surface area (Å²) < 4.78 is 12.2. The zero-order valence-electron chi connectivity index (χ0n) is 7.01. The van der Waals surface area contributed by atoms with E-state index in [-0.39, 0.29) is 5.56 Å². The van der Waals surface area contributed by atoms with Crippen molar-refractivity contribution in [3.8, 4) is 0 Å². The van der Waals surface area contributed by atoms with Crippen LogP contribution in [-0.4, -0.2) is 5.97 Å². The van der Waals surface area contributed by atoms with Gasteiger partial charge in [0.15, 0.2) is 0 Å². The molecule has 0 spiro atoms. The molecule has 0 saturated heterocycles. The van der Waals surface area contributed by atoms with Crippen LogP contribution in [-0.2, 0) is 11.4 Å². The number of rotatable bonds is 2. The quantitative estimate of drug-likeness (QED) is 0.802. The van der Waals surface area contributed by atoms with Gasteiger partial charge in [-0.25, -0.2) is 9.74 Å². The Labute approximate surface area is 83.7 Å². The summed E-state index contributed by atoms with van der Waals surface area (Å²) in [7, 11) is 0. The molecule has 0 N–H and O–H groups in total. The van der Waals surface area contributed by atoms with Crippen molar-refractivity contribution < 1.29 is 14.3 Å². The molecule has 2 nitrogen and oxygen atoms in total. The molecule has 1 rings (SSSR count). The van der Waals surface area contributed by atoms with E-state index in [2.05, 4.69) is 20.9 Å². The Hall–Kier alpha value is -0.900. The minimum Gasteiger partial charge on any atom is -0.249 e. The molecule has 0 aliphatic rings. The van der Waals surface area contributed by atoms with Gasteiger partial charge in [-0.15, -0.1) is 0 Å². The van der Waals surface area contributed by atoms with E-state index < -0.39 is 5.97 Å². The molecule has 0 aliphatic heterocycles. The van der Waals surface area contributed by atoms with Gasteiger partial charge in [-0.05, 0) is 34.0 Å². The van der Waals surface area contributed by atoms with Gasteiger partial charge in [0.25, 0.3) is 0 Å². The summed E-state index contributed by atoms with van der Waals surface area (Å²) in [6.45, 7) is 1.95. The molecule has 0 atom stereocenters. The molecule has 4 heteroatoms. The average Bonchev–Trinajstić information content (AvgIpc) is 2.17. The standard InChI is InChI=1S/C9H8BrFO2/c1-2-6-4-3-5-7(8(6)10)9(12)13-11/h3-5H,2H2,1H3. The van der Waals surface area contributed by atoms with E-state index in [1.54, 1.807) is 6.07 Å². The third-order valence-electron chi connectivity index (χ3n) is 1.75. The molecule has 1 aromatic carbocycles. The molecule has 70 valence electrons. The summed E-state index contributed by atoms with van der Waals surface area (Å²) in [6.07, 6.45) is 0.772. The smallest absolute Gasteiger partial charge is 0.249 e. The Morgan fingerprint density at radius 3 is 2.85 bits per heavy atom. The van der Waals surface area contributed by atoms with Crippen molar-refractivity contribution in [2.45, 2.75) is 13.3 Å². The normalized spacial score (nSPS) is 9.77. The van der Waals surface area contributed by atoms with E-state index in [0.717, 1.165) is 12.0 Å². The summed E-state index contributed by atoms with van der Waals surface area (Å²) in [5.41, 5.74) is 1.16. The fourth-order valence-corrected chi connectivity index (χ4v) is 1.76. The molecule has 0 saturated carbocycles. The largest absolute Gasteiger partial charge is 0.380 e. The van der Waals surface area contributed by atoms with Crippen molar-refractivity contribution in [1.29, 1.82) is 0 Å². The van der Waals surface area contributed by atoms with E-state index in [1.807, 2.05) is 13.0 Å². The monoisotopic (exact) mass is 246 g/mol. The third-order valence-corrected chi connectivity index (χ3v) is 2.69. The first-order valence-corrected chi connectivity index (χ1v) is 4.60. The lowest BCUT2D eigenvalue weighted by molar-refractivity contribution is -0.0788. The molecular weight excluding hydrogens is 239 g/mol. The summed E-state index contributed by atoms with van der Waals surface area (Å²) in [6, 6.07) is 5.06. The van der Waals surface area contributed by atoms with Gasteiger partial charge in [0, 0.05) is 9.00 Å². The Kier molecular flexibility index (Phi) is 3.42. The van der Waals surface area contributed by atoms with Crippen molar-refractivity contribution in [2.75, 3.05) is 0 Å². The first-order chi connectivity index (χ1) is 6.20. The first-order valence-electron chi connectivity index (χ1n) is 3.81. The van der Waals surface area contributed by atoms with Crippen LogP contribution >= 0.6 is 15.9 Å². The van der Waals surface area contributed by atoms with Crippen molar-refractivity contribution in [2.24, 2.45) is 0 Å². The lowest BCUT2D eigenvalue weighted by Crippen LogP contribution is -2.01. The van der Waals surface area contributed by atoms with Crippen LogP contribution in [0.5, 0.6) is 0 Å². The molecule has 0 aliphatic carbocycles. The Morgan fingerprint density at radius 1 is 1.62 bits per heavy atom. The van der Waals surface area contributed by atoms with Gasteiger partial charge in [0.1, 0.15) is 0 Å². The van der Waals surface area contributed by atoms with E-state index in [1.165, 1.54) is 6.07 Å². The van der Waals surface area contributed by atoms with Crippen LogP contribution in [0, 0.1) is 0 Å². The summed E-state index contributed by atoms with van der Waals surface area (Å²) in [5.74, 6) is -0.970. The molecule has 0 aromatic heterocycles. The lowest BCUT2D eigenvalue weighted by Gasteiger charge is -2.04. The number of halogens is 2. The molecule has 0 heterocycles. The lowest BCUT2D eigenvalue weighted by atomic mass is 10.1. The molecule has 0 radical (unpaired) electrons. The van der Waals surface area contributed by atoms with E-state index in [0.29, 0.717) is 4.47 Å². The Bertz CT molecular complexity index is 325. The third kappa shape index (κ3) is 2.06. The maximum absolute atomic E-state index is 11.6. The summed E-state index contributed by atoms with van der Waals surface area (Å²) in [5, 5.41) is 0. The molecule has 1 aromatic rings. The molecule has 0 unspecified atom stereocenters. The van der Waals surface area contributed by atoms with Gasteiger partial charge in [-0.3, -0.25) is 0 Å². The number of aryl methyl sites for hydroxylation is 1. The minimum absolute atomic E-state index is 0.210. The van der Waals surface area contributed by atoms with Gasteiger partial charge in [-0.1, -0.05) is 19.1 Å². The van der Waals surface area contributed by atoms with Crippen LogP contribution < -0.4 is 0 Å². The molecule has 0 fully saturated rings. The predicted octanol–water partition coefficient (Wildman–Crippen LogP) is 3.05. The number of hydrogen-bond acceptors (Lipinski definition) is 2. The van der Waals surface area contributed by atoms with Crippen LogP contribution in [0.2, 0.25) is 0 Å². The zero-order chi connectivity index (χ0) is 9.84. The summed E-state index contributed by atoms with van der Waals surface area (Å²) in [4.78, 5) is 14.0. The van der Waals surface area contributed by atoms with Crippen LogP contribution in [0.3, 0.4) is 0 Å². The molecular formula is C9H8BrFO2. The van der Waals surface area contributed by atoms with Crippen molar-refractivity contribution >= 4 is 21.9 Å². The number of hydrogen-bond donors (Lipinski definition) is 0. The maximum Gasteiger partial charge on any atom is 0.380 e. The van der Waals surface area contributed by atoms with Crippen LogP contribution in [0.4, 0.5) is 4.53 Å². The highest BCUT2D eigenvalue weighted by Gasteiger charge is 2.13. The second-order valence-electron chi connectivity index (χ2n) is 2.50. The van der Waals surface area contributed by atoms with E-state index in [4.69, 9.17) is 0 Å². The molecule has 13 heavy (non-hydrogen) atoms. The van der Waals surface area contributed by atoms with Crippen LogP contribution in [0.25, 0.3) is 0 Å². The van der Waals surface area contributed by atoms with E-state index in [9.17, 15) is 9.32 Å². The van der Waals surface area contributed by atoms with Crippen LogP contribution in [0.1, 0.15) is 22.8 Å². The Morgan fingerprint density at radius 2 is 2.31 bits per heavy atom.